The van der Waals surface area contributed by atoms with Crippen LogP contribution in [0.3, 0.4) is 0 Å². The van der Waals surface area contributed by atoms with Crippen LogP contribution in [-0.4, -0.2) is 119 Å². The Morgan fingerprint density at radius 2 is 1.28 bits per heavy atom. The quantitative estimate of drug-likeness (QED) is 0.0993. The molecule has 14 heteroatoms. The molecule has 0 radical (unpaired) electrons. The van der Waals surface area contributed by atoms with Crippen molar-refractivity contribution in [1.82, 2.24) is 20.9 Å². The molecule has 3 N–H and O–H groups in total. The van der Waals surface area contributed by atoms with Gasteiger partial charge in [0.2, 0.25) is 29.5 Å². The SMILES string of the molecule is CC(=O)CCCOCCOCC(=O)NCCOCCOCC(=O)NCCNC(=O)CCN1C(=O)CC(C)C1=O. The van der Waals surface area contributed by atoms with E-state index in [9.17, 15) is 28.8 Å². The molecule has 0 bridgehead atoms. The third-order valence-corrected chi connectivity index (χ3v) is 5.40. The van der Waals surface area contributed by atoms with Crippen LogP contribution in [-0.2, 0) is 47.7 Å². The molecule has 1 fully saturated rings. The lowest BCUT2D eigenvalue weighted by Gasteiger charge is -2.14. The van der Waals surface area contributed by atoms with Gasteiger partial charge >= 0.3 is 0 Å². The summed E-state index contributed by atoms with van der Waals surface area (Å²) in [5.74, 6) is -1.66. The molecule has 1 aliphatic heterocycles. The molecule has 0 aromatic carbocycles. The van der Waals surface area contributed by atoms with Crippen molar-refractivity contribution in [3.05, 3.63) is 0 Å². The highest BCUT2D eigenvalue weighted by Crippen LogP contribution is 2.18. The average Bonchev–Trinajstić information content (AvgIpc) is 3.13. The minimum Gasteiger partial charge on any atom is -0.379 e. The second-order valence-corrected chi connectivity index (χ2v) is 8.92. The third kappa shape index (κ3) is 17.3. The van der Waals surface area contributed by atoms with Crippen molar-refractivity contribution in [3.63, 3.8) is 0 Å². The molecule has 1 heterocycles. The molecule has 0 aromatic heterocycles. The standard InChI is InChI=1S/C25H42N4O10/c1-19-16-24(34)29(25(19)35)9-5-21(31)26-6-7-27-22(32)17-39-15-13-37-11-8-28-23(33)18-38-14-12-36-10-3-4-20(2)30/h19H,3-18H2,1-2H3,(H,26,31)(H,27,32)(H,28,33). The predicted molar refractivity (Wildman–Crippen MR) is 137 cm³/mol. The summed E-state index contributed by atoms with van der Waals surface area (Å²) in [6.07, 6.45) is 1.36. The van der Waals surface area contributed by atoms with Gasteiger partial charge in [-0.15, -0.1) is 0 Å². The number of carbonyl (C=O) groups is 6. The average molecular weight is 559 g/mol. The van der Waals surface area contributed by atoms with E-state index in [0.29, 0.717) is 32.6 Å². The Kier molecular flexibility index (Phi) is 18.3. The summed E-state index contributed by atoms with van der Waals surface area (Å²) in [7, 11) is 0. The van der Waals surface area contributed by atoms with Crippen LogP contribution in [0.4, 0.5) is 0 Å². The highest BCUT2D eigenvalue weighted by Gasteiger charge is 2.35. The Hall–Kier alpha value is -2.94. The van der Waals surface area contributed by atoms with Crippen LogP contribution in [0.5, 0.6) is 0 Å². The molecule has 0 aromatic rings. The number of nitrogens with one attached hydrogen (secondary N) is 3. The van der Waals surface area contributed by atoms with Crippen molar-refractivity contribution >= 4 is 35.3 Å². The van der Waals surface area contributed by atoms with Crippen molar-refractivity contribution in [2.75, 3.05) is 79.0 Å². The maximum atomic E-state index is 11.9. The lowest BCUT2D eigenvalue weighted by Crippen LogP contribution is -2.38. The zero-order valence-corrected chi connectivity index (χ0v) is 22.9. The number of rotatable bonds is 23. The number of Topliss-reactive ketones (excluding diaryl/α,β-unsaturated/α-hetero) is 1. The summed E-state index contributed by atoms with van der Waals surface area (Å²) in [6, 6.07) is 0. The second-order valence-electron chi connectivity index (χ2n) is 8.92. The third-order valence-electron chi connectivity index (χ3n) is 5.40. The summed E-state index contributed by atoms with van der Waals surface area (Å²) in [5.41, 5.74) is 0. The van der Waals surface area contributed by atoms with E-state index >= 15 is 0 Å². The summed E-state index contributed by atoms with van der Waals surface area (Å²) >= 11 is 0. The molecule has 14 nitrogen and oxygen atoms in total. The first-order chi connectivity index (χ1) is 18.7. The monoisotopic (exact) mass is 558 g/mol. The van der Waals surface area contributed by atoms with E-state index in [-0.39, 0.29) is 113 Å². The van der Waals surface area contributed by atoms with Gasteiger partial charge in [-0.05, 0) is 13.3 Å². The van der Waals surface area contributed by atoms with Crippen LogP contribution in [0.25, 0.3) is 0 Å². The molecule has 0 spiro atoms. The largest absolute Gasteiger partial charge is 0.379 e. The molecular weight excluding hydrogens is 516 g/mol. The molecule has 1 aliphatic rings. The van der Waals surface area contributed by atoms with Crippen molar-refractivity contribution < 1.29 is 47.7 Å². The Balaban J connectivity index is 1.86. The number of hydrogen-bond acceptors (Lipinski definition) is 10. The number of nitrogens with zero attached hydrogens (tertiary/aromatic N) is 1. The molecule has 1 rings (SSSR count). The molecule has 39 heavy (non-hydrogen) atoms. The van der Waals surface area contributed by atoms with Gasteiger partial charge in [0.05, 0.1) is 33.0 Å². The normalized spacial score (nSPS) is 14.9. The number of carbonyl (C=O) groups excluding carboxylic acids is 6. The summed E-state index contributed by atoms with van der Waals surface area (Å²) < 4.78 is 21.0. The van der Waals surface area contributed by atoms with E-state index in [4.69, 9.17) is 18.9 Å². The van der Waals surface area contributed by atoms with E-state index in [1.165, 1.54) is 6.92 Å². The number of ether oxygens (including phenoxy) is 4. The van der Waals surface area contributed by atoms with Crippen LogP contribution in [0.15, 0.2) is 0 Å². The van der Waals surface area contributed by atoms with Gasteiger partial charge in [0.1, 0.15) is 19.0 Å². The first kappa shape index (κ1) is 34.1. The van der Waals surface area contributed by atoms with Crippen LogP contribution in [0, 0.1) is 5.92 Å². The molecule has 0 saturated carbocycles. The molecule has 0 aliphatic carbocycles. The fraction of sp³-hybridized carbons (Fsp3) is 0.760. The minimum atomic E-state index is -0.347. The molecule has 5 amide bonds. The number of ketones is 1. The van der Waals surface area contributed by atoms with Gasteiger partial charge in [-0.1, -0.05) is 6.92 Å². The highest BCUT2D eigenvalue weighted by atomic mass is 16.5. The summed E-state index contributed by atoms with van der Waals surface area (Å²) in [4.78, 5) is 70.7. The summed E-state index contributed by atoms with van der Waals surface area (Å²) in [6.45, 7) is 5.59. The van der Waals surface area contributed by atoms with Gasteiger partial charge in [0.15, 0.2) is 0 Å². The Morgan fingerprint density at radius 1 is 0.744 bits per heavy atom. The smallest absolute Gasteiger partial charge is 0.246 e. The first-order valence-corrected chi connectivity index (χ1v) is 13.2. The lowest BCUT2D eigenvalue weighted by molar-refractivity contribution is -0.139. The van der Waals surface area contributed by atoms with Crippen LogP contribution >= 0.6 is 0 Å². The molecule has 1 unspecified atom stereocenters. The summed E-state index contributed by atoms with van der Waals surface area (Å²) in [5, 5.41) is 7.86. The van der Waals surface area contributed by atoms with Gasteiger partial charge in [-0.3, -0.25) is 28.9 Å². The second kappa shape index (κ2) is 21.0. The molecule has 222 valence electrons. The Labute approximate surface area is 228 Å². The fourth-order valence-corrected chi connectivity index (χ4v) is 3.35. The zero-order valence-electron chi connectivity index (χ0n) is 22.9. The van der Waals surface area contributed by atoms with Crippen molar-refractivity contribution in [2.45, 2.75) is 39.5 Å². The van der Waals surface area contributed by atoms with E-state index < -0.39 is 0 Å². The van der Waals surface area contributed by atoms with Gasteiger partial charge in [-0.2, -0.15) is 0 Å². The van der Waals surface area contributed by atoms with Gasteiger partial charge in [0, 0.05) is 58.0 Å². The Morgan fingerprint density at radius 3 is 1.85 bits per heavy atom. The molecular formula is C25H42N4O10. The van der Waals surface area contributed by atoms with Gasteiger partial charge in [-0.25, -0.2) is 0 Å². The number of imide groups is 1. The maximum Gasteiger partial charge on any atom is 0.246 e. The first-order valence-electron chi connectivity index (χ1n) is 13.2. The van der Waals surface area contributed by atoms with Gasteiger partial charge < -0.3 is 39.7 Å². The topological polar surface area (TPSA) is 179 Å². The zero-order chi connectivity index (χ0) is 28.9. The number of likely N-dealkylation sites (tertiary alicyclic amines) is 1. The van der Waals surface area contributed by atoms with E-state index in [1.807, 2.05) is 0 Å². The van der Waals surface area contributed by atoms with Crippen LogP contribution < -0.4 is 16.0 Å². The van der Waals surface area contributed by atoms with Crippen molar-refractivity contribution in [1.29, 1.82) is 0 Å². The minimum absolute atomic E-state index is 0.0128. The van der Waals surface area contributed by atoms with Crippen LogP contribution in [0.2, 0.25) is 0 Å². The highest BCUT2D eigenvalue weighted by molar-refractivity contribution is 6.03. The number of amides is 5. The predicted octanol–water partition coefficient (Wildman–Crippen LogP) is -1.44. The fourth-order valence-electron chi connectivity index (χ4n) is 3.35. The van der Waals surface area contributed by atoms with Crippen LogP contribution in [0.1, 0.15) is 39.5 Å². The van der Waals surface area contributed by atoms with E-state index in [2.05, 4.69) is 16.0 Å². The van der Waals surface area contributed by atoms with E-state index in [1.54, 1.807) is 6.92 Å². The maximum absolute atomic E-state index is 11.9. The van der Waals surface area contributed by atoms with Gasteiger partial charge in [0.25, 0.3) is 0 Å². The molecule has 1 saturated heterocycles. The Bertz CT molecular complexity index is 808. The van der Waals surface area contributed by atoms with Crippen molar-refractivity contribution in [3.8, 4) is 0 Å². The molecule has 1 atom stereocenters. The van der Waals surface area contributed by atoms with Crippen molar-refractivity contribution in [2.24, 2.45) is 5.92 Å². The lowest BCUT2D eigenvalue weighted by atomic mass is 10.1. The number of hydrogen-bond donors (Lipinski definition) is 3. The van der Waals surface area contributed by atoms with E-state index in [0.717, 1.165) is 4.90 Å².